The first-order valence-electron chi connectivity index (χ1n) is 9.81. The molecular formula is C18H28N6O7. The monoisotopic (exact) mass is 440 g/mol. The van der Waals surface area contributed by atoms with Gasteiger partial charge in [-0.15, -0.1) is 0 Å². The molecule has 3 amide bonds. The van der Waals surface area contributed by atoms with E-state index in [1.165, 1.54) is 19.4 Å². The van der Waals surface area contributed by atoms with Crippen molar-refractivity contribution in [2.24, 2.45) is 5.73 Å². The Morgan fingerprint density at radius 1 is 1.32 bits per heavy atom. The standard InChI is InChI=1S/C18H28N6O7/c1-9(26)14(17(29)24-4-2-3-13(24)18(30)31)23-16(28)12(7-25)22-15(27)11(19)5-10-6-20-8-21-10/h6,8-9,11-14,25-26H,2-5,7,19H2,1H3,(H,20,21)(H,22,27)(H,23,28)(H,30,31). The van der Waals surface area contributed by atoms with Crippen molar-refractivity contribution in [2.45, 2.75) is 56.5 Å². The largest absolute Gasteiger partial charge is 0.480 e. The molecule has 1 aromatic heterocycles. The number of amides is 3. The Morgan fingerprint density at radius 3 is 2.58 bits per heavy atom. The summed E-state index contributed by atoms with van der Waals surface area (Å²) in [6, 6.07) is -4.95. The van der Waals surface area contributed by atoms with Crippen molar-refractivity contribution in [3.8, 4) is 0 Å². The first-order valence-corrected chi connectivity index (χ1v) is 9.81. The Hall–Kier alpha value is -3.03. The van der Waals surface area contributed by atoms with Gasteiger partial charge in [-0.2, -0.15) is 0 Å². The number of aromatic nitrogens is 2. The fourth-order valence-corrected chi connectivity index (χ4v) is 3.31. The van der Waals surface area contributed by atoms with Gasteiger partial charge in [0.2, 0.25) is 17.7 Å². The third-order valence-corrected chi connectivity index (χ3v) is 5.01. The molecule has 1 aromatic rings. The normalized spacial score (nSPS) is 19.9. The van der Waals surface area contributed by atoms with Crippen LogP contribution in [0.4, 0.5) is 0 Å². The fraction of sp³-hybridized carbons (Fsp3) is 0.611. The van der Waals surface area contributed by atoms with Gasteiger partial charge < -0.3 is 41.6 Å². The number of rotatable bonds is 10. The van der Waals surface area contributed by atoms with E-state index in [-0.39, 0.29) is 19.4 Å². The van der Waals surface area contributed by atoms with Crippen LogP contribution in [0.15, 0.2) is 12.5 Å². The summed E-state index contributed by atoms with van der Waals surface area (Å²) in [5.74, 6) is -3.57. The molecular weight excluding hydrogens is 412 g/mol. The minimum absolute atomic E-state index is 0.117. The average Bonchev–Trinajstić information content (AvgIpc) is 3.40. The molecule has 0 aromatic carbocycles. The van der Waals surface area contributed by atoms with Crippen LogP contribution in [0.5, 0.6) is 0 Å². The molecule has 1 aliphatic heterocycles. The number of imidazole rings is 1. The average molecular weight is 440 g/mol. The number of nitrogens with one attached hydrogen (secondary N) is 3. The molecule has 0 radical (unpaired) electrons. The van der Waals surface area contributed by atoms with Gasteiger partial charge >= 0.3 is 5.97 Å². The van der Waals surface area contributed by atoms with Crippen molar-refractivity contribution in [1.29, 1.82) is 0 Å². The summed E-state index contributed by atoms with van der Waals surface area (Å²) in [5, 5.41) is 33.4. The maximum atomic E-state index is 12.8. The predicted molar refractivity (Wildman–Crippen MR) is 105 cm³/mol. The zero-order valence-electron chi connectivity index (χ0n) is 17.0. The van der Waals surface area contributed by atoms with Gasteiger partial charge in [-0.1, -0.05) is 0 Å². The smallest absolute Gasteiger partial charge is 0.326 e. The molecule has 31 heavy (non-hydrogen) atoms. The molecule has 13 nitrogen and oxygen atoms in total. The Morgan fingerprint density at radius 2 is 2.03 bits per heavy atom. The molecule has 1 aliphatic rings. The van der Waals surface area contributed by atoms with Crippen molar-refractivity contribution < 1.29 is 34.5 Å². The Kier molecular flexibility index (Phi) is 8.47. The highest BCUT2D eigenvalue weighted by atomic mass is 16.4. The van der Waals surface area contributed by atoms with Gasteiger partial charge in [0, 0.05) is 24.9 Å². The highest BCUT2D eigenvalue weighted by Crippen LogP contribution is 2.19. The first kappa shape index (κ1) is 24.2. The lowest BCUT2D eigenvalue weighted by molar-refractivity contribution is -0.150. The Balaban J connectivity index is 2.01. The van der Waals surface area contributed by atoms with Crippen molar-refractivity contribution in [2.75, 3.05) is 13.2 Å². The topological polar surface area (TPSA) is 211 Å². The lowest BCUT2D eigenvalue weighted by atomic mass is 10.1. The van der Waals surface area contributed by atoms with E-state index in [4.69, 9.17) is 5.73 Å². The van der Waals surface area contributed by atoms with Gasteiger partial charge in [-0.05, 0) is 19.8 Å². The molecule has 5 atom stereocenters. The highest BCUT2D eigenvalue weighted by molar-refractivity contribution is 5.94. The number of carboxylic acid groups (broad SMARTS) is 1. The number of aliphatic hydroxyl groups is 2. The summed E-state index contributed by atoms with van der Waals surface area (Å²) in [6.07, 6.45) is 2.44. The van der Waals surface area contributed by atoms with E-state index in [2.05, 4.69) is 20.6 Å². The van der Waals surface area contributed by atoms with Crippen LogP contribution >= 0.6 is 0 Å². The molecule has 1 fully saturated rings. The zero-order valence-corrected chi connectivity index (χ0v) is 17.0. The third kappa shape index (κ3) is 6.23. The van der Waals surface area contributed by atoms with Crippen LogP contribution in [0.3, 0.4) is 0 Å². The molecule has 1 saturated heterocycles. The second-order valence-corrected chi connectivity index (χ2v) is 7.39. The van der Waals surface area contributed by atoms with Gasteiger partial charge in [0.15, 0.2) is 0 Å². The van der Waals surface area contributed by atoms with Gasteiger partial charge in [0.05, 0.1) is 25.1 Å². The van der Waals surface area contributed by atoms with Crippen LogP contribution in [0.2, 0.25) is 0 Å². The summed E-state index contributed by atoms with van der Waals surface area (Å²) >= 11 is 0. The molecule has 0 bridgehead atoms. The summed E-state index contributed by atoms with van der Waals surface area (Å²) < 4.78 is 0. The van der Waals surface area contributed by atoms with E-state index in [1.54, 1.807) is 0 Å². The van der Waals surface area contributed by atoms with E-state index in [9.17, 15) is 34.5 Å². The molecule has 0 saturated carbocycles. The number of likely N-dealkylation sites (tertiary alicyclic amines) is 1. The maximum absolute atomic E-state index is 12.8. The number of hydrogen-bond acceptors (Lipinski definition) is 8. The van der Waals surface area contributed by atoms with Crippen LogP contribution < -0.4 is 16.4 Å². The van der Waals surface area contributed by atoms with Crippen molar-refractivity contribution in [3.63, 3.8) is 0 Å². The van der Waals surface area contributed by atoms with E-state index >= 15 is 0 Å². The number of aliphatic carboxylic acids is 1. The quantitative estimate of drug-likeness (QED) is 0.194. The van der Waals surface area contributed by atoms with E-state index < -0.39 is 60.6 Å². The van der Waals surface area contributed by atoms with Crippen LogP contribution in [0.25, 0.3) is 0 Å². The van der Waals surface area contributed by atoms with Gasteiger partial charge in [0.25, 0.3) is 0 Å². The van der Waals surface area contributed by atoms with Gasteiger partial charge in [-0.3, -0.25) is 14.4 Å². The SMILES string of the molecule is CC(O)C(NC(=O)C(CO)NC(=O)C(N)Cc1cnc[nH]1)C(=O)N1CCCC1C(=O)O. The van der Waals surface area contributed by atoms with Crippen molar-refractivity contribution in [3.05, 3.63) is 18.2 Å². The van der Waals surface area contributed by atoms with Crippen LogP contribution in [0.1, 0.15) is 25.5 Å². The maximum Gasteiger partial charge on any atom is 0.326 e. The number of H-pyrrole nitrogens is 1. The molecule has 5 unspecified atom stereocenters. The number of nitrogens with zero attached hydrogens (tertiary/aromatic N) is 2. The molecule has 2 heterocycles. The number of carbonyl (C=O) groups excluding carboxylic acids is 3. The highest BCUT2D eigenvalue weighted by Gasteiger charge is 2.40. The van der Waals surface area contributed by atoms with Gasteiger partial charge in [0.1, 0.15) is 18.1 Å². The van der Waals surface area contributed by atoms with Crippen LogP contribution in [-0.2, 0) is 25.6 Å². The number of nitrogens with two attached hydrogens (primary N) is 1. The van der Waals surface area contributed by atoms with Crippen molar-refractivity contribution >= 4 is 23.7 Å². The third-order valence-electron chi connectivity index (χ3n) is 5.01. The van der Waals surface area contributed by atoms with Gasteiger partial charge in [-0.25, -0.2) is 9.78 Å². The first-order chi connectivity index (χ1) is 14.6. The number of carboxylic acids is 1. The summed E-state index contributed by atoms with van der Waals surface area (Å²) in [4.78, 5) is 56.6. The molecule has 2 rings (SSSR count). The predicted octanol–water partition coefficient (Wildman–Crippen LogP) is -3.30. The minimum atomic E-state index is -1.45. The molecule has 8 N–H and O–H groups in total. The zero-order chi connectivity index (χ0) is 23.1. The second-order valence-electron chi connectivity index (χ2n) is 7.39. The minimum Gasteiger partial charge on any atom is -0.480 e. The molecule has 172 valence electrons. The van der Waals surface area contributed by atoms with E-state index in [0.29, 0.717) is 12.1 Å². The molecule has 13 heteroatoms. The Labute approximate surface area is 178 Å². The van der Waals surface area contributed by atoms with E-state index in [1.807, 2.05) is 0 Å². The lowest BCUT2D eigenvalue weighted by Gasteiger charge is -2.30. The summed E-state index contributed by atoms with van der Waals surface area (Å²) in [5.41, 5.74) is 6.41. The number of aromatic amines is 1. The number of aliphatic hydroxyl groups excluding tert-OH is 2. The molecule has 0 aliphatic carbocycles. The molecule has 0 spiro atoms. The van der Waals surface area contributed by atoms with Crippen LogP contribution in [-0.4, -0.2) is 97.3 Å². The van der Waals surface area contributed by atoms with Crippen LogP contribution in [0, 0.1) is 0 Å². The lowest BCUT2D eigenvalue weighted by Crippen LogP contribution is -2.60. The second kappa shape index (κ2) is 10.8. The summed E-state index contributed by atoms with van der Waals surface area (Å²) in [7, 11) is 0. The Bertz CT molecular complexity index is 784. The van der Waals surface area contributed by atoms with E-state index in [0.717, 1.165) is 4.90 Å². The fourth-order valence-electron chi connectivity index (χ4n) is 3.31. The van der Waals surface area contributed by atoms with Crippen molar-refractivity contribution in [1.82, 2.24) is 25.5 Å². The number of hydrogen-bond donors (Lipinski definition) is 7. The summed E-state index contributed by atoms with van der Waals surface area (Å²) in [6.45, 7) is 0.662. The number of carbonyl (C=O) groups is 4.